The first-order valence-electron chi connectivity index (χ1n) is 8.69. The van der Waals surface area contributed by atoms with Crippen LogP contribution in [-0.4, -0.2) is 30.6 Å². The highest BCUT2D eigenvalue weighted by atomic mass is 32.2. The summed E-state index contributed by atoms with van der Waals surface area (Å²) in [4.78, 5) is 11.7. The standard InChI is InChI=1S/C20H17NO6S2/c1-26-14-5-6-16-15(11-14)13(4-8-19(22)23)12-21(16)29(24,25)20-9-7-18(28-20)17-3-2-10-27-17/h2-3,5-7,9-12H,4,8H2,1H3,(H,22,23). The van der Waals surface area contributed by atoms with Crippen LogP contribution in [0.3, 0.4) is 0 Å². The number of nitrogens with zero attached hydrogens (tertiary/aromatic N) is 1. The lowest BCUT2D eigenvalue weighted by Crippen LogP contribution is -2.10. The Labute approximate surface area is 170 Å². The number of aliphatic carboxylic acids is 1. The monoisotopic (exact) mass is 431 g/mol. The molecule has 0 aliphatic rings. The highest BCUT2D eigenvalue weighted by molar-refractivity contribution is 7.92. The molecule has 4 rings (SSSR count). The molecule has 1 N–H and O–H groups in total. The van der Waals surface area contributed by atoms with Gasteiger partial charge in [0.15, 0.2) is 0 Å². The zero-order chi connectivity index (χ0) is 20.6. The number of aryl methyl sites for hydroxylation is 1. The van der Waals surface area contributed by atoms with Crippen molar-refractivity contribution in [2.45, 2.75) is 17.1 Å². The summed E-state index contributed by atoms with van der Waals surface area (Å²) in [5.74, 6) is 0.221. The summed E-state index contributed by atoms with van der Waals surface area (Å²) in [5.41, 5.74) is 1.10. The van der Waals surface area contributed by atoms with E-state index in [-0.39, 0.29) is 17.1 Å². The number of hydrogen-bond donors (Lipinski definition) is 1. The van der Waals surface area contributed by atoms with Crippen LogP contribution < -0.4 is 4.74 Å². The van der Waals surface area contributed by atoms with Crippen LogP contribution in [0, 0.1) is 0 Å². The molecule has 3 heterocycles. The van der Waals surface area contributed by atoms with E-state index in [2.05, 4.69) is 0 Å². The van der Waals surface area contributed by atoms with E-state index >= 15 is 0 Å². The van der Waals surface area contributed by atoms with Gasteiger partial charge in [-0.3, -0.25) is 4.79 Å². The largest absolute Gasteiger partial charge is 0.497 e. The van der Waals surface area contributed by atoms with Gasteiger partial charge >= 0.3 is 5.97 Å². The van der Waals surface area contributed by atoms with Crippen molar-refractivity contribution in [2.24, 2.45) is 0 Å². The molecule has 0 saturated heterocycles. The second-order valence-electron chi connectivity index (χ2n) is 6.33. The number of carboxylic acid groups (broad SMARTS) is 1. The van der Waals surface area contributed by atoms with Crippen molar-refractivity contribution in [3.05, 3.63) is 60.5 Å². The first kappa shape index (κ1) is 19.3. The third kappa shape index (κ3) is 3.54. The Bertz CT molecular complexity index is 1280. The van der Waals surface area contributed by atoms with Gasteiger partial charge in [-0.2, -0.15) is 8.42 Å². The van der Waals surface area contributed by atoms with E-state index in [4.69, 9.17) is 14.3 Å². The van der Waals surface area contributed by atoms with Crippen LogP contribution in [-0.2, 0) is 21.2 Å². The molecule has 9 heteroatoms. The fourth-order valence-corrected chi connectivity index (χ4v) is 5.87. The third-order valence-electron chi connectivity index (χ3n) is 4.53. The van der Waals surface area contributed by atoms with Crippen molar-refractivity contribution in [3.8, 4) is 16.4 Å². The van der Waals surface area contributed by atoms with Crippen molar-refractivity contribution >= 4 is 38.2 Å². The van der Waals surface area contributed by atoms with Gasteiger partial charge in [0.1, 0.15) is 15.7 Å². The molecule has 0 bridgehead atoms. The van der Waals surface area contributed by atoms with Gasteiger partial charge in [0.25, 0.3) is 10.0 Å². The number of fused-ring (bicyclic) bond motifs is 1. The van der Waals surface area contributed by atoms with E-state index < -0.39 is 16.0 Å². The lowest BCUT2D eigenvalue weighted by molar-refractivity contribution is -0.136. The Balaban J connectivity index is 1.82. The number of carbonyl (C=O) groups is 1. The summed E-state index contributed by atoms with van der Waals surface area (Å²) in [6, 6.07) is 11.8. The smallest absolute Gasteiger partial charge is 0.303 e. The van der Waals surface area contributed by atoms with Gasteiger partial charge in [0.05, 0.1) is 23.8 Å². The molecular formula is C20H17NO6S2. The van der Waals surface area contributed by atoms with Gasteiger partial charge in [-0.15, -0.1) is 11.3 Å². The van der Waals surface area contributed by atoms with E-state index in [9.17, 15) is 13.2 Å². The normalized spacial score (nSPS) is 11.8. The highest BCUT2D eigenvalue weighted by Gasteiger charge is 2.24. The molecule has 0 unspecified atom stereocenters. The Morgan fingerprint density at radius 1 is 1.24 bits per heavy atom. The lowest BCUT2D eigenvalue weighted by Gasteiger charge is -2.06. The zero-order valence-corrected chi connectivity index (χ0v) is 17.0. The molecule has 3 aromatic heterocycles. The van der Waals surface area contributed by atoms with Crippen LogP contribution in [0.1, 0.15) is 12.0 Å². The molecule has 0 aliphatic carbocycles. The molecule has 4 aromatic rings. The Morgan fingerprint density at radius 3 is 2.76 bits per heavy atom. The SMILES string of the molecule is COc1ccc2c(c1)c(CCC(=O)O)cn2S(=O)(=O)c1ccc(-c2ccco2)s1. The molecular weight excluding hydrogens is 414 g/mol. The van der Waals surface area contributed by atoms with Crippen molar-refractivity contribution < 1.29 is 27.5 Å². The number of benzene rings is 1. The van der Waals surface area contributed by atoms with Crippen LogP contribution >= 0.6 is 11.3 Å². The number of ether oxygens (including phenoxy) is 1. The van der Waals surface area contributed by atoms with Gasteiger partial charge < -0.3 is 14.3 Å². The topological polar surface area (TPSA) is 98.7 Å². The van der Waals surface area contributed by atoms with E-state index in [1.54, 1.807) is 42.5 Å². The second-order valence-corrected chi connectivity index (χ2v) is 9.45. The molecule has 150 valence electrons. The van der Waals surface area contributed by atoms with E-state index in [0.29, 0.717) is 32.9 Å². The minimum Gasteiger partial charge on any atom is -0.497 e. The van der Waals surface area contributed by atoms with Crippen molar-refractivity contribution in [2.75, 3.05) is 7.11 Å². The molecule has 0 aliphatic heterocycles. The fourth-order valence-electron chi connectivity index (χ4n) is 3.12. The highest BCUT2D eigenvalue weighted by Crippen LogP contribution is 2.35. The summed E-state index contributed by atoms with van der Waals surface area (Å²) in [6.45, 7) is 0. The van der Waals surface area contributed by atoms with Crippen molar-refractivity contribution in [1.29, 1.82) is 0 Å². The number of hydrogen-bond acceptors (Lipinski definition) is 6. The number of thiophene rings is 1. The maximum atomic E-state index is 13.3. The van der Waals surface area contributed by atoms with E-state index in [1.165, 1.54) is 23.5 Å². The minimum absolute atomic E-state index is 0.0992. The van der Waals surface area contributed by atoms with Gasteiger partial charge in [-0.25, -0.2) is 3.97 Å². The maximum Gasteiger partial charge on any atom is 0.303 e. The number of methoxy groups -OCH3 is 1. The Morgan fingerprint density at radius 2 is 2.07 bits per heavy atom. The minimum atomic E-state index is -3.87. The third-order valence-corrected chi connectivity index (χ3v) is 7.77. The second kappa shape index (κ2) is 7.41. The molecule has 0 atom stereocenters. The van der Waals surface area contributed by atoms with Gasteiger partial charge in [-0.05, 0) is 54.4 Å². The summed E-state index contributed by atoms with van der Waals surface area (Å²) >= 11 is 1.11. The predicted octanol–water partition coefficient (Wildman–Crippen LogP) is 4.23. The Hall–Kier alpha value is -3.04. The van der Waals surface area contributed by atoms with Crippen molar-refractivity contribution in [3.63, 3.8) is 0 Å². The fraction of sp³-hybridized carbons (Fsp3) is 0.150. The Kier molecular flexibility index (Phi) is 4.93. The summed E-state index contributed by atoms with van der Waals surface area (Å²) in [5, 5.41) is 9.68. The quantitative estimate of drug-likeness (QED) is 0.470. The zero-order valence-electron chi connectivity index (χ0n) is 15.4. The summed E-state index contributed by atoms with van der Waals surface area (Å²) in [7, 11) is -2.35. The lowest BCUT2D eigenvalue weighted by atomic mass is 10.1. The average molecular weight is 431 g/mol. The van der Waals surface area contributed by atoms with Crippen LogP contribution in [0.25, 0.3) is 21.5 Å². The summed E-state index contributed by atoms with van der Waals surface area (Å²) in [6.07, 6.45) is 3.14. The van der Waals surface area contributed by atoms with Crippen LogP contribution in [0.5, 0.6) is 5.75 Å². The molecule has 0 amide bonds. The van der Waals surface area contributed by atoms with Crippen LogP contribution in [0.4, 0.5) is 0 Å². The predicted molar refractivity (Wildman–Crippen MR) is 109 cm³/mol. The molecule has 0 fully saturated rings. The van der Waals surface area contributed by atoms with Gasteiger partial charge in [0, 0.05) is 18.0 Å². The number of furan rings is 1. The number of rotatable bonds is 7. The van der Waals surface area contributed by atoms with Crippen LogP contribution in [0.15, 0.2) is 63.6 Å². The van der Waals surface area contributed by atoms with E-state index in [1.807, 2.05) is 0 Å². The summed E-state index contributed by atoms with van der Waals surface area (Å²) < 4.78 is 38.6. The first-order valence-corrected chi connectivity index (χ1v) is 10.9. The molecule has 0 spiro atoms. The van der Waals surface area contributed by atoms with E-state index in [0.717, 1.165) is 11.3 Å². The molecule has 1 aromatic carbocycles. The number of carboxylic acids is 1. The molecule has 0 radical (unpaired) electrons. The van der Waals surface area contributed by atoms with Crippen LogP contribution in [0.2, 0.25) is 0 Å². The van der Waals surface area contributed by atoms with Gasteiger partial charge in [-0.1, -0.05) is 0 Å². The maximum absolute atomic E-state index is 13.3. The molecule has 7 nitrogen and oxygen atoms in total. The van der Waals surface area contributed by atoms with Crippen molar-refractivity contribution in [1.82, 2.24) is 3.97 Å². The first-order chi connectivity index (χ1) is 13.9. The number of aromatic nitrogens is 1. The van der Waals surface area contributed by atoms with Gasteiger partial charge in [0.2, 0.25) is 0 Å². The molecule has 29 heavy (non-hydrogen) atoms. The molecule has 0 saturated carbocycles. The average Bonchev–Trinajstić information content (AvgIpc) is 3.45.